The van der Waals surface area contributed by atoms with Gasteiger partial charge in [0.25, 0.3) is 0 Å². The number of hydrogen-bond donors (Lipinski definition) is 2. The largest absolute Gasteiger partial charge is 0.465 e. The molecule has 4 heteroatoms. The molecule has 0 fully saturated rings. The average molecular weight is 194 g/mol. The zero-order valence-corrected chi connectivity index (χ0v) is 6.44. The molecule has 0 heterocycles. The summed E-state index contributed by atoms with van der Waals surface area (Å²) >= 11 is 3.10. The van der Waals surface area contributed by atoms with Crippen LogP contribution in [-0.2, 0) is 0 Å². The van der Waals surface area contributed by atoms with Crippen LogP contribution in [0.2, 0.25) is 0 Å². The van der Waals surface area contributed by atoms with Gasteiger partial charge in [0.15, 0.2) is 0 Å². The molecular formula is C5H8BrNO2. The standard InChI is InChI=1S/C5H8BrNO2/c1-4(6)2-3-7-5(8)9/h7H,1-3H2,(H,8,9). The van der Waals surface area contributed by atoms with E-state index in [4.69, 9.17) is 5.11 Å². The zero-order valence-electron chi connectivity index (χ0n) is 4.85. The highest BCUT2D eigenvalue weighted by molar-refractivity contribution is 9.11. The Bertz CT molecular complexity index is 110. The quantitative estimate of drug-likeness (QED) is 0.715. The molecule has 9 heavy (non-hydrogen) atoms. The number of nitrogens with one attached hydrogen (secondary N) is 1. The Morgan fingerprint density at radius 1 is 1.78 bits per heavy atom. The first-order valence-corrected chi connectivity index (χ1v) is 3.22. The second-order valence-corrected chi connectivity index (χ2v) is 2.62. The van der Waals surface area contributed by atoms with Crippen molar-refractivity contribution >= 4 is 22.0 Å². The molecule has 0 radical (unpaired) electrons. The van der Waals surface area contributed by atoms with Crippen LogP contribution in [0.15, 0.2) is 11.1 Å². The van der Waals surface area contributed by atoms with E-state index in [2.05, 4.69) is 27.8 Å². The lowest BCUT2D eigenvalue weighted by Gasteiger charge is -1.96. The van der Waals surface area contributed by atoms with Crippen LogP contribution in [0, 0.1) is 0 Å². The lowest BCUT2D eigenvalue weighted by atomic mass is 10.4. The third-order valence-corrected chi connectivity index (χ3v) is 1.07. The van der Waals surface area contributed by atoms with Crippen LogP contribution >= 0.6 is 15.9 Å². The summed E-state index contributed by atoms with van der Waals surface area (Å²) in [7, 11) is 0. The van der Waals surface area contributed by atoms with Crippen LogP contribution in [0.25, 0.3) is 0 Å². The second kappa shape index (κ2) is 4.38. The van der Waals surface area contributed by atoms with Crippen LogP contribution in [-0.4, -0.2) is 17.7 Å². The van der Waals surface area contributed by atoms with Gasteiger partial charge in [0.1, 0.15) is 0 Å². The Kier molecular flexibility index (Phi) is 4.13. The summed E-state index contributed by atoms with van der Waals surface area (Å²) in [5.41, 5.74) is 0. The maximum Gasteiger partial charge on any atom is 0.404 e. The first kappa shape index (κ1) is 8.49. The highest BCUT2D eigenvalue weighted by Crippen LogP contribution is 2.03. The predicted molar refractivity (Wildman–Crippen MR) is 38.7 cm³/mol. The molecule has 0 rings (SSSR count). The van der Waals surface area contributed by atoms with E-state index in [1.54, 1.807) is 0 Å². The zero-order chi connectivity index (χ0) is 7.28. The Labute approximate surface area is 61.9 Å². The van der Waals surface area contributed by atoms with Crippen LogP contribution in [0.3, 0.4) is 0 Å². The molecule has 0 unspecified atom stereocenters. The molecule has 3 nitrogen and oxygen atoms in total. The van der Waals surface area contributed by atoms with E-state index in [0.29, 0.717) is 13.0 Å². The number of rotatable bonds is 3. The SMILES string of the molecule is C=C(Br)CCNC(=O)O. The molecule has 0 aromatic carbocycles. The Morgan fingerprint density at radius 2 is 2.33 bits per heavy atom. The summed E-state index contributed by atoms with van der Waals surface area (Å²) in [6, 6.07) is 0. The van der Waals surface area contributed by atoms with Crippen molar-refractivity contribution in [1.29, 1.82) is 0 Å². The van der Waals surface area contributed by atoms with Crippen molar-refractivity contribution in [2.24, 2.45) is 0 Å². The summed E-state index contributed by atoms with van der Waals surface area (Å²) in [5, 5.41) is 10.3. The van der Waals surface area contributed by atoms with Crippen molar-refractivity contribution in [1.82, 2.24) is 5.32 Å². The van der Waals surface area contributed by atoms with Gasteiger partial charge < -0.3 is 10.4 Å². The van der Waals surface area contributed by atoms with Crippen molar-refractivity contribution < 1.29 is 9.90 Å². The highest BCUT2D eigenvalue weighted by atomic mass is 79.9. The minimum Gasteiger partial charge on any atom is -0.465 e. The second-order valence-electron chi connectivity index (χ2n) is 1.50. The smallest absolute Gasteiger partial charge is 0.404 e. The van der Waals surface area contributed by atoms with Gasteiger partial charge in [0, 0.05) is 6.54 Å². The van der Waals surface area contributed by atoms with Gasteiger partial charge in [0.05, 0.1) is 0 Å². The molecule has 0 aliphatic heterocycles. The molecule has 0 saturated heterocycles. The lowest BCUT2D eigenvalue weighted by Crippen LogP contribution is -2.21. The maximum atomic E-state index is 9.82. The molecule has 2 N–H and O–H groups in total. The van der Waals surface area contributed by atoms with E-state index in [0.717, 1.165) is 4.48 Å². The van der Waals surface area contributed by atoms with E-state index in [1.165, 1.54) is 0 Å². The number of hydrogen-bond acceptors (Lipinski definition) is 1. The van der Waals surface area contributed by atoms with E-state index < -0.39 is 6.09 Å². The molecule has 0 aromatic rings. The van der Waals surface area contributed by atoms with E-state index >= 15 is 0 Å². The van der Waals surface area contributed by atoms with Crippen molar-refractivity contribution in [2.75, 3.05) is 6.54 Å². The van der Waals surface area contributed by atoms with E-state index in [9.17, 15) is 4.79 Å². The monoisotopic (exact) mass is 193 g/mol. The van der Waals surface area contributed by atoms with Crippen LogP contribution in [0.5, 0.6) is 0 Å². The molecule has 0 saturated carbocycles. The molecule has 0 spiro atoms. The van der Waals surface area contributed by atoms with Gasteiger partial charge in [-0.15, -0.1) is 0 Å². The van der Waals surface area contributed by atoms with Crippen molar-refractivity contribution in [3.05, 3.63) is 11.1 Å². The fraction of sp³-hybridized carbons (Fsp3) is 0.400. The molecule has 52 valence electrons. The van der Waals surface area contributed by atoms with E-state index in [1.807, 2.05) is 0 Å². The van der Waals surface area contributed by atoms with Gasteiger partial charge in [0.2, 0.25) is 0 Å². The van der Waals surface area contributed by atoms with Crippen molar-refractivity contribution in [3.8, 4) is 0 Å². The third-order valence-electron chi connectivity index (χ3n) is 0.672. The Hall–Kier alpha value is -0.510. The normalized spacial score (nSPS) is 8.56. The van der Waals surface area contributed by atoms with Crippen LogP contribution in [0.4, 0.5) is 4.79 Å². The van der Waals surface area contributed by atoms with Crippen LogP contribution < -0.4 is 5.32 Å². The van der Waals surface area contributed by atoms with Crippen molar-refractivity contribution in [2.45, 2.75) is 6.42 Å². The van der Waals surface area contributed by atoms with E-state index in [-0.39, 0.29) is 0 Å². The minimum atomic E-state index is -0.997. The number of amides is 1. The number of halogens is 1. The predicted octanol–water partition coefficient (Wildman–Crippen LogP) is 1.55. The van der Waals surface area contributed by atoms with Gasteiger partial charge >= 0.3 is 6.09 Å². The number of carboxylic acid groups (broad SMARTS) is 1. The fourth-order valence-corrected chi connectivity index (χ4v) is 0.503. The molecule has 0 aromatic heterocycles. The van der Waals surface area contributed by atoms with Gasteiger partial charge in [-0.1, -0.05) is 22.5 Å². The average Bonchev–Trinajstić information content (AvgIpc) is 1.63. The van der Waals surface area contributed by atoms with Gasteiger partial charge in [-0.2, -0.15) is 0 Å². The Morgan fingerprint density at radius 3 is 2.67 bits per heavy atom. The van der Waals surface area contributed by atoms with Gasteiger partial charge in [-0.05, 0) is 10.9 Å². The molecule has 0 bridgehead atoms. The topological polar surface area (TPSA) is 49.3 Å². The molecular weight excluding hydrogens is 186 g/mol. The minimum absolute atomic E-state index is 0.416. The first-order valence-electron chi connectivity index (χ1n) is 2.43. The van der Waals surface area contributed by atoms with Crippen LogP contribution in [0.1, 0.15) is 6.42 Å². The summed E-state index contributed by atoms with van der Waals surface area (Å²) < 4.78 is 0.802. The van der Waals surface area contributed by atoms with Gasteiger partial charge in [-0.25, -0.2) is 4.79 Å². The third kappa shape index (κ3) is 7.49. The molecule has 0 aliphatic rings. The van der Waals surface area contributed by atoms with Gasteiger partial charge in [-0.3, -0.25) is 0 Å². The summed E-state index contributed by atoms with van der Waals surface area (Å²) in [6.45, 7) is 3.95. The summed E-state index contributed by atoms with van der Waals surface area (Å²) in [4.78, 5) is 9.82. The van der Waals surface area contributed by atoms with Crippen molar-refractivity contribution in [3.63, 3.8) is 0 Å². The number of carbonyl (C=O) groups is 1. The maximum absolute atomic E-state index is 9.82. The molecule has 0 atom stereocenters. The fourth-order valence-electron chi connectivity index (χ4n) is 0.305. The first-order chi connectivity index (χ1) is 4.13. The summed E-state index contributed by atoms with van der Waals surface area (Å²) in [6.07, 6.45) is -0.365. The highest BCUT2D eigenvalue weighted by Gasteiger charge is 1.92. The molecule has 1 amide bonds. The lowest BCUT2D eigenvalue weighted by molar-refractivity contribution is 0.194. The summed E-state index contributed by atoms with van der Waals surface area (Å²) in [5.74, 6) is 0. The molecule has 0 aliphatic carbocycles. The Balaban J connectivity index is 3.10.